The van der Waals surface area contributed by atoms with Crippen LogP contribution in [0, 0.1) is 6.92 Å². The molecule has 188 valence electrons. The Morgan fingerprint density at radius 3 is 2.73 bits per heavy atom. The Bertz CT molecular complexity index is 1520. The van der Waals surface area contributed by atoms with E-state index in [0.717, 1.165) is 23.3 Å². The van der Waals surface area contributed by atoms with Crippen LogP contribution < -0.4 is 15.0 Å². The van der Waals surface area contributed by atoms with Gasteiger partial charge in [-0.25, -0.2) is 4.98 Å². The summed E-state index contributed by atoms with van der Waals surface area (Å²) < 4.78 is 11.2. The summed E-state index contributed by atoms with van der Waals surface area (Å²) >= 11 is 0. The number of aryl methyl sites for hydroxylation is 1. The summed E-state index contributed by atoms with van der Waals surface area (Å²) in [6.45, 7) is 3.14. The van der Waals surface area contributed by atoms with Gasteiger partial charge < -0.3 is 24.7 Å². The Hall–Kier alpha value is -4.66. The van der Waals surface area contributed by atoms with Crippen molar-refractivity contribution in [2.75, 3.05) is 37.5 Å². The summed E-state index contributed by atoms with van der Waals surface area (Å²) in [4.78, 5) is 40.2. The fourth-order valence-electron chi connectivity index (χ4n) is 4.33. The first-order valence-electron chi connectivity index (χ1n) is 12.0. The molecule has 2 N–H and O–H groups in total. The molecule has 0 unspecified atom stereocenters. The van der Waals surface area contributed by atoms with Crippen LogP contribution in [0.15, 0.2) is 65.7 Å². The van der Waals surface area contributed by atoms with Crippen LogP contribution in [0.5, 0.6) is 5.75 Å². The van der Waals surface area contributed by atoms with E-state index in [1.165, 1.54) is 7.11 Å². The maximum atomic E-state index is 13.4. The van der Waals surface area contributed by atoms with E-state index in [-0.39, 0.29) is 17.6 Å². The number of anilines is 2. The number of hydrogen-bond acceptors (Lipinski definition) is 6. The maximum absolute atomic E-state index is 13.4. The Balaban J connectivity index is 1.41. The molecule has 2 heterocycles. The number of amides is 2. The highest BCUT2D eigenvalue weighted by molar-refractivity contribution is 6.12. The number of aromatic amines is 1. The number of para-hydroxylation sites is 2. The number of imidazole rings is 1. The van der Waals surface area contributed by atoms with E-state index >= 15 is 0 Å². The second-order valence-electron chi connectivity index (χ2n) is 8.66. The second kappa shape index (κ2) is 10.1. The predicted molar refractivity (Wildman–Crippen MR) is 143 cm³/mol. The van der Waals surface area contributed by atoms with E-state index < -0.39 is 0 Å². The fourth-order valence-corrected chi connectivity index (χ4v) is 4.33. The molecule has 2 amide bonds. The lowest BCUT2D eigenvalue weighted by Crippen LogP contribution is -2.29. The van der Waals surface area contributed by atoms with Gasteiger partial charge in [0.05, 0.1) is 41.7 Å². The minimum Gasteiger partial charge on any atom is -0.496 e. The summed E-state index contributed by atoms with van der Waals surface area (Å²) in [5, 5.41) is 2.91. The van der Waals surface area contributed by atoms with E-state index in [0.29, 0.717) is 47.1 Å². The Morgan fingerprint density at radius 1 is 1.11 bits per heavy atom. The third-order valence-corrected chi connectivity index (χ3v) is 6.17. The molecule has 4 aromatic rings. The quantitative estimate of drug-likeness (QED) is 0.405. The number of nitrogens with one attached hydrogen (secondary N) is 2. The molecular formula is C28H27N5O4. The zero-order valence-electron chi connectivity index (χ0n) is 20.9. The number of nitrogens with zero attached hydrogens (tertiary/aromatic N) is 3. The number of H-pyrrole nitrogens is 1. The molecule has 0 spiro atoms. The van der Waals surface area contributed by atoms with E-state index in [1.807, 2.05) is 43.3 Å². The Kier molecular flexibility index (Phi) is 6.59. The summed E-state index contributed by atoms with van der Waals surface area (Å²) in [7, 11) is 3.17. The predicted octanol–water partition coefficient (Wildman–Crippen LogP) is 4.58. The van der Waals surface area contributed by atoms with Gasteiger partial charge >= 0.3 is 0 Å². The monoisotopic (exact) mass is 497 g/mol. The molecule has 0 aliphatic carbocycles. The average Bonchev–Trinajstić information content (AvgIpc) is 3.33. The highest BCUT2D eigenvalue weighted by atomic mass is 16.5. The zero-order chi connectivity index (χ0) is 25.9. The van der Waals surface area contributed by atoms with Gasteiger partial charge in [-0.2, -0.15) is 0 Å². The van der Waals surface area contributed by atoms with Crippen LogP contribution in [-0.2, 0) is 4.74 Å². The number of carbonyl (C=O) groups is 2. The molecule has 9 nitrogen and oxygen atoms in total. The number of rotatable bonds is 6. The molecule has 9 heteroatoms. The van der Waals surface area contributed by atoms with Crippen LogP contribution >= 0.6 is 0 Å². The number of hydrogen-bond donors (Lipinski definition) is 2. The number of benzene rings is 3. The smallest absolute Gasteiger partial charge is 0.259 e. The normalized spacial score (nSPS) is 13.0. The van der Waals surface area contributed by atoms with Crippen molar-refractivity contribution in [1.29, 1.82) is 0 Å². The first-order valence-corrected chi connectivity index (χ1v) is 12.0. The molecule has 0 saturated heterocycles. The van der Waals surface area contributed by atoms with Gasteiger partial charge in [0.2, 0.25) is 5.90 Å². The molecule has 0 saturated carbocycles. The van der Waals surface area contributed by atoms with Crippen LogP contribution in [0.4, 0.5) is 11.4 Å². The first kappa shape index (κ1) is 24.1. The van der Waals surface area contributed by atoms with Crippen molar-refractivity contribution >= 4 is 40.1 Å². The SMILES string of the molecule is COc1cc(C(=O)N(C)c2ccccc2C2=NCCCO2)ccc1C(=O)Nc1cccc2[nH]c(C)nc12. The number of aliphatic imine (C=N–C) groups is 1. The summed E-state index contributed by atoms with van der Waals surface area (Å²) in [5.41, 5.74) is 4.19. The van der Waals surface area contributed by atoms with Crippen LogP contribution in [0.2, 0.25) is 0 Å². The van der Waals surface area contributed by atoms with Gasteiger partial charge in [-0.1, -0.05) is 18.2 Å². The molecule has 37 heavy (non-hydrogen) atoms. The van der Waals surface area contributed by atoms with E-state index in [4.69, 9.17) is 9.47 Å². The third-order valence-electron chi connectivity index (χ3n) is 6.17. The number of aromatic nitrogens is 2. The van der Waals surface area contributed by atoms with Gasteiger partial charge in [-0.05, 0) is 49.4 Å². The van der Waals surface area contributed by atoms with Gasteiger partial charge in [0, 0.05) is 25.6 Å². The first-order chi connectivity index (χ1) is 18.0. The van der Waals surface area contributed by atoms with Crippen LogP contribution in [0.3, 0.4) is 0 Å². The van der Waals surface area contributed by atoms with E-state index in [9.17, 15) is 9.59 Å². The number of fused-ring (bicyclic) bond motifs is 1. The zero-order valence-corrected chi connectivity index (χ0v) is 20.9. The molecule has 1 aromatic heterocycles. The van der Waals surface area contributed by atoms with Crippen molar-refractivity contribution in [2.24, 2.45) is 4.99 Å². The largest absolute Gasteiger partial charge is 0.496 e. The van der Waals surface area contributed by atoms with Crippen molar-refractivity contribution < 1.29 is 19.1 Å². The topological polar surface area (TPSA) is 109 Å². The minimum absolute atomic E-state index is 0.258. The molecule has 5 rings (SSSR count). The Labute approximate surface area is 214 Å². The molecular weight excluding hydrogens is 470 g/mol. The lowest BCUT2D eigenvalue weighted by molar-refractivity contribution is 0.0988. The number of ether oxygens (including phenoxy) is 2. The molecule has 0 bridgehead atoms. The van der Waals surface area contributed by atoms with Crippen molar-refractivity contribution in [1.82, 2.24) is 9.97 Å². The van der Waals surface area contributed by atoms with Gasteiger partial charge in [-0.3, -0.25) is 14.6 Å². The molecule has 1 aliphatic rings. The minimum atomic E-state index is -0.366. The van der Waals surface area contributed by atoms with Crippen molar-refractivity contribution in [3.05, 3.63) is 83.2 Å². The Morgan fingerprint density at radius 2 is 1.95 bits per heavy atom. The fraction of sp³-hybridized carbons (Fsp3) is 0.214. The van der Waals surface area contributed by atoms with Crippen molar-refractivity contribution in [3.8, 4) is 5.75 Å². The maximum Gasteiger partial charge on any atom is 0.259 e. The molecule has 3 aromatic carbocycles. The van der Waals surface area contributed by atoms with Gasteiger partial charge in [-0.15, -0.1) is 0 Å². The summed E-state index contributed by atoms with van der Waals surface area (Å²) in [5.74, 6) is 0.953. The van der Waals surface area contributed by atoms with Gasteiger partial charge in [0.1, 0.15) is 17.1 Å². The van der Waals surface area contributed by atoms with Crippen LogP contribution in [0.25, 0.3) is 11.0 Å². The number of carbonyl (C=O) groups excluding carboxylic acids is 2. The second-order valence-corrected chi connectivity index (χ2v) is 8.66. The lowest BCUT2D eigenvalue weighted by Gasteiger charge is -2.23. The molecule has 1 aliphatic heterocycles. The standard InChI is InChI=1S/C28H27N5O4/c1-17-30-21-9-6-10-22(25(21)31-17)32-26(34)20-13-12-18(16-24(20)36-3)28(35)33(2)23-11-5-4-8-19(23)27-29-14-7-15-37-27/h4-6,8-13,16H,7,14-15H2,1-3H3,(H,30,31)(H,32,34). The summed E-state index contributed by atoms with van der Waals surface area (Å²) in [6, 6.07) is 17.8. The van der Waals surface area contributed by atoms with Crippen LogP contribution in [-0.4, -0.2) is 55.0 Å². The van der Waals surface area contributed by atoms with E-state index in [1.54, 1.807) is 36.2 Å². The lowest BCUT2D eigenvalue weighted by atomic mass is 10.1. The van der Waals surface area contributed by atoms with Crippen LogP contribution in [0.1, 0.15) is 38.5 Å². The number of methoxy groups -OCH3 is 1. The highest BCUT2D eigenvalue weighted by Crippen LogP contribution is 2.28. The molecule has 0 fully saturated rings. The summed E-state index contributed by atoms with van der Waals surface area (Å²) in [6.07, 6.45) is 0.872. The molecule has 0 atom stereocenters. The van der Waals surface area contributed by atoms with Crippen molar-refractivity contribution in [2.45, 2.75) is 13.3 Å². The molecule has 0 radical (unpaired) electrons. The van der Waals surface area contributed by atoms with Gasteiger partial charge in [0.25, 0.3) is 11.8 Å². The van der Waals surface area contributed by atoms with Crippen molar-refractivity contribution in [3.63, 3.8) is 0 Å². The van der Waals surface area contributed by atoms with Gasteiger partial charge in [0.15, 0.2) is 0 Å². The highest BCUT2D eigenvalue weighted by Gasteiger charge is 2.23. The average molecular weight is 498 g/mol. The van der Waals surface area contributed by atoms with E-state index in [2.05, 4.69) is 20.3 Å². The third kappa shape index (κ3) is 4.75.